The van der Waals surface area contributed by atoms with Crippen LogP contribution >= 0.6 is 0 Å². The highest BCUT2D eigenvalue weighted by molar-refractivity contribution is 6.02. The second kappa shape index (κ2) is 12.2. The lowest BCUT2D eigenvalue weighted by atomic mass is 9.79. The van der Waals surface area contributed by atoms with E-state index in [2.05, 4.69) is 36.4 Å². The number of hydrogen-bond acceptors (Lipinski definition) is 4. The lowest BCUT2D eigenvalue weighted by molar-refractivity contribution is -0.134. The second-order valence-electron chi connectivity index (χ2n) is 12.2. The first-order valence-electron chi connectivity index (χ1n) is 15.6. The number of esters is 1. The molecule has 41 heavy (non-hydrogen) atoms. The predicted octanol–water partition coefficient (Wildman–Crippen LogP) is 6.46. The van der Waals surface area contributed by atoms with Crippen LogP contribution in [0, 0.1) is 5.92 Å². The van der Waals surface area contributed by atoms with Crippen LogP contribution in [0.1, 0.15) is 104 Å². The number of benzene rings is 2. The van der Waals surface area contributed by atoms with Crippen LogP contribution in [-0.2, 0) is 14.3 Å². The third-order valence-electron chi connectivity index (χ3n) is 9.89. The number of carbonyl (C=O) groups excluding carboxylic acids is 3. The quantitative estimate of drug-likeness (QED) is 0.369. The normalized spacial score (nSPS) is 21.9. The molecule has 1 atom stereocenters. The first kappa shape index (κ1) is 27.7. The molecule has 2 aromatic carbocycles. The molecule has 1 unspecified atom stereocenters. The molecule has 216 valence electrons. The van der Waals surface area contributed by atoms with Gasteiger partial charge in [-0.3, -0.25) is 9.59 Å². The van der Waals surface area contributed by atoms with Crippen molar-refractivity contribution < 1.29 is 19.1 Å². The average molecular weight is 555 g/mol. The maximum absolute atomic E-state index is 13.6. The van der Waals surface area contributed by atoms with Gasteiger partial charge in [0.25, 0.3) is 0 Å². The molecule has 6 nitrogen and oxygen atoms in total. The molecule has 4 aliphatic rings. The van der Waals surface area contributed by atoms with Gasteiger partial charge in [-0.05, 0) is 84.4 Å². The lowest BCUT2D eigenvalue weighted by Crippen LogP contribution is -2.47. The highest BCUT2D eigenvalue weighted by Gasteiger charge is 2.37. The molecule has 0 aromatic heterocycles. The van der Waals surface area contributed by atoms with E-state index in [9.17, 15) is 14.4 Å². The molecule has 2 amide bonds. The van der Waals surface area contributed by atoms with Gasteiger partial charge in [0.2, 0.25) is 11.8 Å². The van der Waals surface area contributed by atoms with Gasteiger partial charge in [0.05, 0.1) is 12.7 Å². The highest BCUT2D eigenvalue weighted by atomic mass is 16.5. The van der Waals surface area contributed by atoms with Crippen LogP contribution in [0.15, 0.2) is 48.5 Å². The summed E-state index contributed by atoms with van der Waals surface area (Å²) in [6.45, 7) is 2.30. The van der Waals surface area contributed by atoms with E-state index in [1.807, 2.05) is 21.9 Å². The predicted molar refractivity (Wildman–Crippen MR) is 160 cm³/mol. The van der Waals surface area contributed by atoms with Gasteiger partial charge in [0.1, 0.15) is 0 Å². The monoisotopic (exact) mass is 554 g/mol. The highest BCUT2D eigenvalue weighted by Crippen LogP contribution is 2.54. The van der Waals surface area contributed by atoms with E-state index in [0.29, 0.717) is 30.7 Å². The zero-order chi connectivity index (χ0) is 28.3. The number of piperidine rings is 1. The standard InChI is InChI=1S/C35H42N2O4/c1-41-35(40)26-14-15-28-30(23-26)29(34(25-11-6-3-7-12-25)33(28)24-9-4-2-5-10-24)16-17-31(38)36-21-18-27(19-22-36)37-20-8-13-32(37)39/h3,6-7,11-12,14-15,23-24,27,29H,2,4-5,8-10,13,16-22H2,1H3. The first-order valence-corrected chi connectivity index (χ1v) is 15.6. The summed E-state index contributed by atoms with van der Waals surface area (Å²) in [6, 6.07) is 17.0. The fraction of sp³-hybridized carbons (Fsp3) is 0.514. The van der Waals surface area contributed by atoms with Crippen molar-refractivity contribution in [1.29, 1.82) is 0 Å². The number of rotatable bonds is 7. The van der Waals surface area contributed by atoms with Crippen molar-refractivity contribution in [1.82, 2.24) is 9.80 Å². The Hall–Kier alpha value is -3.41. The number of allylic oxidation sites excluding steroid dienone is 2. The van der Waals surface area contributed by atoms with E-state index in [1.54, 1.807) is 0 Å². The van der Waals surface area contributed by atoms with Crippen molar-refractivity contribution in [3.8, 4) is 0 Å². The first-order chi connectivity index (χ1) is 20.0. The summed E-state index contributed by atoms with van der Waals surface area (Å²) in [5.41, 5.74) is 6.96. The van der Waals surface area contributed by atoms with Crippen molar-refractivity contribution in [2.24, 2.45) is 5.92 Å². The van der Waals surface area contributed by atoms with Gasteiger partial charge in [-0.2, -0.15) is 0 Å². The molecule has 6 heteroatoms. The van der Waals surface area contributed by atoms with Crippen molar-refractivity contribution in [3.05, 3.63) is 70.8 Å². The third-order valence-corrected chi connectivity index (χ3v) is 9.89. The minimum atomic E-state index is -0.325. The number of carbonyl (C=O) groups is 3. The Kier molecular flexibility index (Phi) is 8.27. The maximum atomic E-state index is 13.6. The largest absolute Gasteiger partial charge is 0.465 e. The molecule has 1 saturated carbocycles. The summed E-state index contributed by atoms with van der Waals surface area (Å²) in [7, 11) is 1.43. The van der Waals surface area contributed by atoms with Gasteiger partial charge in [-0.15, -0.1) is 0 Å². The van der Waals surface area contributed by atoms with Gasteiger partial charge >= 0.3 is 5.97 Å². The average Bonchev–Trinajstić information content (AvgIpc) is 3.60. The second-order valence-corrected chi connectivity index (χ2v) is 12.2. The van der Waals surface area contributed by atoms with Gasteiger partial charge < -0.3 is 14.5 Å². The van der Waals surface area contributed by atoms with Crippen LogP contribution in [0.5, 0.6) is 0 Å². The fourth-order valence-corrected chi connectivity index (χ4v) is 7.84. The molecule has 6 rings (SSSR count). The smallest absolute Gasteiger partial charge is 0.337 e. The fourth-order valence-electron chi connectivity index (χ4n) is 7.84. The summed E-state index contributed by atoms with van der Waals surface area (Å²) < 4.78 is 5.08. The number of nitrogens with zero attached hydrogens (tertiary/aromatic N) is 2. The minimum Gasteiger partial charge on any atom is -0.465 e. The molecule has 3 fully saturated rings. The van der Waals surface area contributed by atoms with E-state index in [1.165, 1.54) is 61.5 Å². The van der Waals surface area contributed by atoms with Gasteiger partial charge in [0.15, 0.2) is 0 Å². The Morgan fingerprint density at radius 2 is 1.63 bits per heavy atom. The number of likely N-dealkylation sites (tertiary alicyclic amines) is 2. The lowest BCUT2D eigenvalue weighted by Gasteiger charge is -2.37. The molecule has 2 aromatic rings. The van der Waals surface area contributed by atoms with Crippen LogP contribution < -0.4 is 0 Å². The summed E-state index contributed by atoms with van der Waals surface area (Å²) in [5.74, 6) is 0.692. The number of fused-ring (bicyclic) bond motifs is 1. The molecule has 0 spiro atoms. The maximum Gasteiger partial charge on any atom is 0.337 e. The van der Waals surface area contributed by atoms with Crippen molar-refractivity contribution in [3.63, 3.8) is 0 Å². The Morgan fingerprint density at radius 3 is 2.32 bits per heavy atom. The zero-order valence-corrected chi connectivity index (χ0v) is 24.3. The van der Waals surface area contributed by atoms with Crippen molar-refractivity contribution in [2.75, 3.05) is 26.7 Å². The van der Waals surface area contributed by atoms with Crippen molar-refractivity contribution >= 4 is 28.9 Å². The molecule has 2 saturated heterocycles. The number of amides is 2. The van der Waals surface area contributed by atoms with E-state index in [-0.39, 0.29) is 29.7 Å². The topological polar surface area (TPSA) is 66.9 Å². The third kappa shape index (κ3) is 5.58. The summed E-state index contributed by atoms with van der Waals surface area (Å²) in [5, 5.41) is 0. The van der Waals surface area contributed by atoms with E-state index >= 15 is 0 Å². The zero-order valence-electron chi connectivity index (χ0n) is 24.3. The van der Waals surface area contributed by atoms with Crippen molar-refractivity contribution in [2.45, 2.75) is 82.6 Å². The van der Waals surface area contributed by atoms with Gasteiger partial charge in [-0.25, -0.2) is 4.79 Å². The van der Waals surface area contributed by atoms with E-state index < -0.39 is 0 Å². The number of hydrogen-bond donors (Lipinski definition) is 0. The Labute approximate surface area is 243 Å². The molecular weight excluding hydrogens is 512 g/mol. The van der Waals surface area contributed by atoms with Crippen LogP contribution in [0.25, 0.3) is 11.1 Å². The Morgan fingerprint density at radius 1 is 0.878 bits per heavy atom. The molecule has 2 aliphatic heterocycles. The van der Waals surface area contributed by atoms with Crippen LogP contribution in [0.4, 0.5) is 0 Å². The van der Waals surface area contributed by atoms with Gasteiger partial charge in [-0.1, -0.05) is 55.7 Å². The van der Waals surface area contributed by atoms with Crippen LogP contribution in [-0.4, -0.2) is 60.4 Å². The Bertz CT molecular complexity index is 1320. The number of methoxy groups -OCH3 is 1. The van der Waals surface area contributed by atoms with Crippen LogP contribution in [0.3, 0.4) is 0 Å². The van der Waals surface area contributed by atoms with E-state index in [4.69, 9.17) is 4.74 Å². The minimum absolute atomic E-state index is 0.0534. The SMILES string of the molecule is COC(=O)c1ccc2c(c1)C(CCC(=O)N1CCC(N3CCCC3=O)CC1)C(c1ccccc1)=C2C1CCCCC1. The summed E-state index contributed by atoms with van der Waals surface area (Å²) >= 11 is 0. The Balaban J connectivity index is 1.27. The summed E-state index contributed by atoms with van der Waals surface area (Å²) in [6.07, 6.45) is 10.7. The molecule has 0 bridgehead atoms. The van der Waals surface area contributed by atoms with Crippen LogP contribution in [0.2, 0.25) is 0 Å². The van der Waals surface area contributed by atoms with Gasteiger partial charge in [0, 0.05) is 44.4 Å². The number of ether oxygens (including phenoxy) is 1. The molecule has 0 N–H and O–H groups in total. The molecule has 2 aliphatic carbocycles. The van der Waals surface area contributed by atoms with E-state index in [0.717, 1.165) is 44.5 Å². The molecule has 0 radical (unpaired) electrons. The summed E-state index contributed by atoms with van der Waals surface area (Å²) in [4.78, 5) is 42.4. The molecule has 2 heterocycles. The molecular formula is C35H42N2O4.